The Labute approximate surface area is 238 Å². The molecule has 0 unspecified atom stereocenters. The van der Waals surface area contributed by atoms with Crippen molar-refractivity contribution in [1.29, 1.82) is 0 Å². The number of ether oxygens (including phenoxy) is 1. The van der Waals surface area contributed by atoms with E-state index in [1.165, 1.54) is 24.1 Å². The monoisotopic (exact) mass is 565 g/mol. The van der Waals surface area contributed by atoms with Gasteiger partial charge < -0.3 is 15.0 Å². The molecule has 1 atom stereocenters. The minimum Gasteiger partial charge on any atom is -0.495 e. The van der Waals surface area contributed by atoms with E-state index in [1.807, 2.05) is 51.1 Å². The molecule has 1 N–H and O–H groups in total. The second-order valence-corrected chi connectivity index (χ2v) is 11.7. The molecule has 0 spiro atoms. The number of amides is 2. The third-order valence-electron chi connectivity index (χ3n) is 6.68. The highest BCUT2D eigenvalue weighted by Crippen LogP contribution is 2.33. The Morgan fingerprint density at radius 2 is 1.60 bits per heavy atom. The Hall–Kier alpha value is -3.85. The summed E-state index contributed by atoms with van der Waals surface area (Å²) in [5.41, 5.74) is 2.95. The number of benzene rings is 3. The third kappa shape index (κ3) is 7.63. The minimum atomic E-state index is -4.17. The summed E-state index contributed by atoms with van der Waals surface area (Å²) in [6.45, 7) is 7.63. The highest BCUT2D eigenvalue weighted by molar-refractivity contribution is 7.92. The molecule has 9 heteroatoms. The van der Waals surface area contributed by atoms with E-state index in [2.05, 4.69) is 5.32 Å². The van der Waals surface area contributed by atoms with E-state index in [4.69, 9.17) is 4.74 Å². The van der Waals surface area contributed by atoms with Gasteiger partial charge in [-0.1, -0.05) is 67.4 Å². The van der Waals surface area contributed by atoms with Gasteiger partial charge in [0.2, 0.25) is 11.8 Å². The van der Waals surface area contributed by atoms with E-state index in [0.29, 0.717) is 12.3 Å². The van der Waals surface area contributed by atoms with Crippen LogP contribution in [-0.2, 0) is 26.2 Å². The first kappa shape index (κ1) is 30.7. The van der Waals surface area contributed by atoms with Crippen LogP contribution in [0.5, 0.6) is 5.75 Å². The molecule has 0 saturated heterocycles. The van der Waals surface area contributed by atoms with Crippen molar-refractivity contribution in [3.8, 4) is 5.75 Å². The van der Waals surface area contributed by atoms with Crippen LogP contribution >= 0.6 is 0 Å². The number of sulfonamides is 1. The van der Waals surface area contributed by atoms with Crippen molar-refractivity contribution < 1.29 is 22.7 Å². The van der Waals surface area contributed by atoms with Gasteiger partial charge >= 0.3 is 0 Å². The lowest BCUT2D eigenvalue weighted by Gasteiger charge is -2.32. The van der Waals surface area contributed by atoms with Gasteiger partial charge in [-0.2, -0.15) is 0 Å². The van der Waals surface area contributed by atoms with Crippen molar-refractivity contribution in [1.82, 2.24) is 10.2 Å². The molecule has 3 aromatic rings. The standard InChI is InChI=1S/C31H39N3O5S/c1-6-7-19-32-31(36)25(4)33(21-26-16-13-23(2)14-17-26)30(35)22-34(28-20-24(3)15-18-29(28)39-5)40(37,38)27-11-9-8-10-12-27/h8-18,20,25H,6-7,19,21-22H2,1-5H3,(H,32,36)/t25-/m1/s1. The molecule has 0 fully saturated rings. The summed E-state index contributed by atoms with van der Waals surface area (Å²) in [4.78, 5) is 28.6. The average Bonchev–Trinajstić information content (AvgIpc) is 2.95. The molecule has 40 heavy (non-hydrogen) atoms. The number of aryl methyl sites for hydroxylation is 2. The molecule has 0 aromatic heterocycles. The Bertz CT molecular complexity index is 1390. The van der Waals surface area contributed by atoms with Gasteiger partial charge in [0, 0.05) is 13.1 Å². The number of carbonyl (C=O) groups excluding carboxylic acids is 2. The molecule has 2 amide bonds. The highest BCUT2D eigenvalue weighted by Gasteiger charge is 2.33. The van der Waals surface area contributed by atoms with Crippen molar-refractivity contribution in [3.63, 3.8) is 0 Å². The van der Waals surface area contributed by atoms with Crippen LogP contribution in [0.4, 0.5) is 5.69 Å². The minimum absolute atomic E-state index is 0.0433. The molecule has 0 aliphatic heterocycles. The van der Waals surface area contributed by atoms with E-state index < -0.39 is 28.5 Å². The van der Waals surface area contributed by atoms with E-state index in [1.54, 1.807) is 37.3 Å². The zero-order chi connectivity index (χ0) is 29.3. The smallest absolute Gasteiger partial charge is 0.264 e. The summed E-state index contributed by atoms with van der Waals surface area (Å²) in [6, 6.07) is 20.0. The number of unbranched alkanes of at least 4 members (excludes halogenated alkanes) is 1. The Balaban J connectivity index is 2.05. The molecule has 0 aliphatic carbocycles. The summed E-state index contributed by atoms with van der Waals surface area (Å²) >= 11 is 0. The number of carbonyl (C=O) groups is 2. The molecular weight excluding hydrogens is 526 g/mol. The van der Waals surface area contributed by atoms with Crippen LogP contribution in [0, 0.1) is 13.8 Å². The van der Waals surface area contributed by atoms with Gasteiger partial charge in [0.05, 0.1) is 17.7 Å². The first-order valence-electron chi connectivity index (χ1n) is 13.4. The lowest BCUT2D eigenvalue weighted by atomic mass is 10.1. The fourth-order valence-electron chi connectivity index (χ4n) is 4.24. The lowest BCUT2D eigenvalue weighted by molar-refractivity contribution is -0.139. The van der Waals surface area contributed by atoms with E-state index >= 15 is 0 Å². The van der Waals surface area contributed by atoms with E-state index in [-0.39, 0.29) is 23.0 Å². The maximum Gasteiger partial charge on any atom is 0.264 e. The molecule has 0 saturated carbocycles. The van der Waals surface area contributed by atoms with Crippen molar-refractivity contribution in [2.45, 2.75) is 58.0 Å². The summed E-state index contributed by atoms with van der Waals surface area (Å²) in [5.74, 6) is -0.491. The summed E-state index contributed by atoms with van der Waals surface area (Å²) in [7, 11) is -2.71. The molecule has 0 aliphatic rings. The second-order valence-electron chi connectivity index (χ2n) is 9.83. The van der Waals surface area contributed by atoms with Crippen LogP contribution in [-0.4, -0.2) is 51.4 Å². The lowest BCUT2D eigenvalue weighted by Crippen LogP contribution is -2.51. The van der Waals surface area contributed by atoms with Crippen LogP contribution in [0.1, 0.15) is 43.4 Å². The topological polar surface area (TPSA) is 96.0 Å². The SMILES string of the molecule is CCCCNC(=O)[C@@H](C)N(Cc1ccc(C)cc1)C(=O)CN(c1cc(C)ccc1OC)S(=O)(=O)c1ccccc1. The molecule has 8 nitrogen and oxygen atoms in total. The Morgan fingerprint density at radius 3 is 2.23 bits per heavy atom. The predicted octanol–water partition coefficient (Wildman–Crippen LogP) is 4.84. The van der Waals surface area contributed by atoms with Crippen LogP contribution < -0.4 is 14.4 Å². The molecule has 0 heterocycles. The van der Waals surface area contributed by atoms with Gasteiger partial charge in [-0.05, 0) is 62.6 Å². The fraction of sp³-hybridized carbons (Fsp3) is 0.355. The fourth-order valence-corrected chi connectivity index (χ4v) is 5.67. The molecule has 0 bridgehead atoms. The first-order valence-corrected chi connectivity index (χ1v) is 14.9. The number of nitrogens with one attached hydrogen (secondary N) is 1. The number of anilines is 1. The van der Waals surface area contributed by atoms with Crippen LogP contribution in [0.25, 0.3) is 0 Å². The zero-order valence-electron chi connectivity index (χ0n) is 23.9. The molecule has 3 rings (SSSR count). The van der Waals surface area contributed by atoms with Crippen LogP contribution in [0.2, 0.25) is 0 Å². The molecular formula is C31H39N3O5S. The maximum absolute atomic E-state index is 14.0. The van der Waals surface area contributed by atoms with Crippen LogP contribution in [0.3, 0.4) is 0 Å². The number of methoxy groups -OCH3 is 1. The largest absolute Gasteiger partial charge is 0.495 e. The average molecular weight is 566 g/mol. The van der Waals surface area contributed by atoms with Gasteiger partial charge in [0.1, 0.15) is 18.3 Å². The number of rotatable bonds is 13. The predicted molar refractivity (Wildman–Crippen MR) is 158 cm³/mol. The van der Waals surface area contributed by atoms with Gasteiger partial charge in [-0.25, -0.2) is 8.42 Å². The van der Waals surface area contributed by atoms with Crippen molar-refractivity contribution >= 4 is 27.5 Å². The van der Waals surface area contributed by atoms with Gasteiger partial charge in [0.25, 0.3) is 10.0 Å². The second kappa shape index (κ2) is 14.0. The summed E-state index contributed by atoms with van der Waals surface area (Å²) < 4.78 is 34.5. The number of hydrogen-bond donors (Lipinski definition) is 1. The summed E-state index contributed by atoms with van der Waals surface area (Å²) in [6.07, 6.45) is 1.74. The normalized spacial score (nSPS) is 11.9. The van der Waals surface area contributed by atoms with Crippen molar-refractivity contribution in [3.05, 3.63) is 89.5 Å². The van der Waals surface area contributed by atoms with Gasteiger partial charge in [0.15, 0.2) is 0 Å². The number of nitrogens with zero attached hydrogens (tertiary/aromatic N) is 2. The summed E-state index contributed by atoms with van der Waals surface area (Å²) in [5, 5.41) is 2.90. The Morgan fingerprint density at radius 1 is 0.950 bits per heavy atom. The number of hydrogen-bond acceptors (Lipinski definition) is 5. The van der Waals surface area contributed by atoms with Gasteiger partial charge in [-0.15, -0.1) is 0 Å². The zero-order valence-corrected chi connectivity index (χ0v) is 24.7. The van der Waals surface area contributed by atoms with Crippen molar-refractivity contribution in [2.24, 2.45) is 0 Å². The molecule has 3 aromatic carbocycles. The third-order valence-corrected chi connectivity index (χ3v) is 8.46. The highest BCUT2D eigenvalue weighted by atomic mass is 32.2. The van der Waals surface area contributed by atoms with Crippen LogP contribution in [0.15, 0.2) is 77.7 Å². The van der Waals surface area contributed by atoms with Gasteiger partial charge in [-0.3, -0.25) is 13.9 Å². The molecule has 0 radical (unpaired) electrons. The van der Waals surface area contributed by atoms with E-state index in [0.717, 1.165) is 33.8 Å². The van der Waals surface area contributed by atoms with E-state index in [9.17, 15) is 18.0 Å². The molecule has 214 valence electrons. The Kier molecular flexibility index (Phi) is 10.7. The maximum atomic E-state index is 14.0. The van der Waals surface area contributed by atoms with Crippen molar-refractivity contribution in [2.75, 3.05) is 24.5 Å². The first-order chi connectivity index (χ1) is 19.1. The quantitative estimate of drug-likeness (QED) is 0.299.